The number of rotatable bonds is 1. The van der Waals surface area contributed by atoms with Crippen molar-refractivity contribution in [2.75, 3.05) is 18.5 Å². The van der Waals surface area contributed by atoms with Gasteiger partial charge in [-0.05, 0) is 28.6 Å². The van der Waals surface area contributed by atoms with Gasteiger partial charge in [-0.1, -0.05) is 37.4 Å². The van der Waals surface area contributed by atoms with Crippen molar-refractivity contribution in [3.63, 3.8) is 0 Å². The molecular weight excluding hydrogens is 310 g/mol. The minimum absolute atomic E-state index is 0.0213. The third kappa shape index (κ3) is 2.65. The lowest BCUT2D eigenvalue weighted by molar-refractivity contribution is -0.151. The topological polar surface area (TPSA) is 56.3 Å². The minimum atomic E-state index is -0.0737. The van der Waals surface area contributed by atoms with Crippen molar-refractivity contribution >= 4 is 17.2 Å². The van der Waals surface area contributed by atoms with Crippen LogP contribution in [0.15, 0.2) is 23.6 Å². The van der Waals surface area contributed by atoms with Crippen LogP contribution in [0.3, 0.4) is 0 Å². The molecule has 0 bridgehead atoms. The Morgan fingerprint density at radius 1 is 1.22 bits per heavy atom. The predicted octanol–water partition coefficient (Wildman–Crippen LogP) is 3.46. The Morgan fingerprint density at radius 2 is 2.04 bits per heavy atom. The van der Waals surface area contributed by atoms with E-state index in [1.54, 1.807) is 0 Å². The van der Waals surface area contributed by atoms with Gasteiger partial charge in [0.1, 0.15) is 23.9 Å². The van der Waals surface area contributed by atoms with Crippen molar-refractivity contribution < 1.29 is 9.47 Å². The van der Waals surface area contributed by atoms with Crippen LogP contribution >= 0.6 is 11.5 Å². The molecule has 0 spiro atoms. The Hall–Kier alpha value is -1.50. The summed E-state index contributed by atoms with van der Waals surface area (Å²) in [5.41, 5.74) is 4.61. The monoisotopic (exact) mass is 331 g/mol. The molecule has 0 radical (unpaired) electrons. The maximum atomic E-state index is 6.09. The standard InChI is InChI=1S/C17H21N3O2S/c1-17(2,3)10-4-5-12-11(8-10)15-16(22-7-6-21-15)14(18-12)13-9-23-20-19-13/h4-5,8-9,14-16,18H,6-7H2,1-3H3. The first-order chi connectivity index (χ1) is 11.0. The molecule has 1 fully saturated rings. The van der Waals surface area contributed by atoms with Gasteiger partial charge in [-0.3, -0.25) is 0 Å². The Kier molecular flexibility index (Phi) is 3.63. The summed E-state index contributed by atoms with van der Waals surface area (Å²) in [6, 6.07) is 6.57. The first-order valence-electron chi connectivity index (χ1n) is 7.95. The summed E-state index contributed by atoms with van der Waals surface area (Å²) < 4.78 is 16.1. The molecule has 0 saturated carbocycles. The number of hydrogen-bond acceptors (Lipinski definition) is 6. The first-order valence-corrected chi connectivity index (χ1v) is 8.79. The fourth-order valence-electron chi connectivity index (χ4n) is 3.27. The molecule has 6 heteroatoms. The third-order valence-electron chi connectivity index (χ3n) is 4.55. The summed E-state index contributed by atoms with van der Waals surface area (Å²) in [6.07, 6.45) is -0.135. The van der Waals surface area contributed by atoms with Crippen LogP contribution < -0.4 is 5.32 Å². The van der Waals surface area contributed by atoms with E-state index in [1.807, 2.05) is 5.38 Å². The van der Waals surface area contributed by atoms with Gasteiger partial charge >= 0.3 is 0 Å². The van der Waals surface area contributed by atoms with E-state index in [0.29, 0.717) is 13.2 Å². The number of benzene rings is 1. The Balaban J connectivity index is 1.78. The number of aromatic nitrogens is 2. The molecule has 0 aliphatic carbocycles. The Bertz CT molecular complexity index is 696. The summed E-state index contributed by atoms with van der Waals surface area (Å²) in [5.74, 6) is 0. The number of ether oxygens (including phenoxy) is 2. The van der Waals surface area contributed by atoms with Crippen LogP contribution in [0.2, 0.25) is 0 Å². The molecule has 122 valence electrons. The molecule has 1 aromatic carbocycles. The molecule has 2 aliphatic heterocycles. The van der Waals surface area contributed by atoms with Gasteiger partial charge in [-0.25, -0.2) is 0 Å². The van der Waals surface area contributed by atoms with Crippen LogP contribution in [0.1, 0.15) is 49.7 Å². The second-order valence-corrected chi connectivity index (χ2v) is 7.74. The van der Waals surface area contributed by atoms with E-state index in [9.17, 15) is 0 Å². The van der Waals surface area contributed by atoms with E-state index in [2.05, 4.69) is 53.9 Å². The summed E-state index contributed by atoms with van der Waals surface area (Å²) in [5, 5.41) is 9.78. The van der Waals surface area contributed by atoms with E-state index in [1.165, 1.54) is 22.7 Å². The van der Waals surface area contributed by atoms with Crippen molar-refractivity contribution in [2.45, 2.75) is 44.4 Å². The zero-order valence-electron chi connectivity index (χ0n) is 13.6. The fourth-order valence-corrected chi connectivity index (χ4v) is 3.76. The molecular formula is C17H21N3O2S. The maximum Gasteiger partial charge on any atom is 0.114 e. The summed E-state index contributed by atoms with van der Waals surface area (Å²) in [7, 11) is 0. The van der Waals surface area contributed by atoms with Gasteiger partial charge in [0.25, 0.3) is 0 Å². The average Bonchev–Trinajstić information content (AvgIpc) is 3.07. The van der Waals surface area contributed by atoms with Crippen LogP contribution in [0.25, 0.3) is 0 Å². The van der Waals surface area contributed by atoms with Gasteiger partial charge in [0.2, 0.25) is 0 Å². The average molecular weight is 331 g/mol. The first kappa shape index (κ1) is 15.1. The van der Waals surface area contributed by atoms with Gasteiger partial charge in [-0.15, -0.1) is 5.10 Å². The third-order valence-corrected chi connectivity index (χ3v) is 5.07. The van der Waals surface area contributed by atoms with Crippen molar-refractivity contribution in [3.05, 3.63) is 40.4 Å². The van der Waals surface area contributed by atoms with Crippen LogP contribution in [0.5, 0.6) is 0 Å². The molecule has 5 nitrogen and oxygen atoms in total. The minimum Gasteiger partial charge on any atom is -0.374 e. The van der Waals surface area contributed by atoms with Gasteiger partial charge in [0, 0.05) is 16.6 Å². The predicted molar refractivity (Wildman–Crippen MR) is 89.8 cm³/mol. The molecule has 1 saturated heterocycles. The summed E-state index contributed by atoms with van der Waals surface area (Å²) in [6.45, 7) is 7.92. The molecule has 1 N–H and O–H groups in total. The van der Waals surface area contributed by atoms with Gasteiger partial charge in [0.15, 0.2) is 0 Å². The SMILES string of the molecule is CC(C)(C)c1ccc2c(c1)C1OCCOC1C(c1csnn1)N2. The van der Waals surface area contributed by atoms with Crippen LogP contribution in [0, 0.1) is 0 Å². The van der Waals surface area contributed by atoms with E-state index >= 15 is 0 Å². The maximum absolute atomic E-state index is 6.09. The van der Waals surface area contributed by atoms with E-state index in [4.69, 9.17) is 9.47 Å². The molecule has 23 heavy (non-hydrogen) atoms. The second kappa shape index (κ2) is 5.54. The number of hydrogen-bond donors (Lipinski definition) is 1. The normalized spacial score (nSPS) is 27.0. The second-order valence-electron chi connectivity index (χ2n) is 7.13. The molecule has 2 aromatic rings. The number of anilines is 1. The quantitative estimate of drug-likeness (QED) is 0.867. The molecule has 3 atom stereocenters. The molecule has 4 rings (SSSR count). The zero-order valence-corrected chi connectivity index (χ0v) is 14.4. The zero-order chi connectivity index (χ0) is 16.0. The molecule has 3 heterocycles. The van der Waals surface area contributed by atoms with E-state index in [0.717, 1.165) is 11.4 Å². The van der Waals surface area contributed by atoms with Gasteiger partial charge in [0.05, 0.1) is 13.2 Å². The molecule has 3 unspecified atom stereocenters. The van der Waals surface area contributed by atoms with Gasteiger partial charge in [-0.2, -0.15) is 0 Å². The van der Waals surface area contributed by atoms with Gasteiger partial charge < -0.3 is 14.8 Å². The van der Waals surface area contributed by atoms with Crippen LogP contribution in [0.4, 0.5) is 5.69 Å². The summed E-state index contributed by atoms with van der Waals surface area (Å²) in [4.78, 5) is 0. The molecule has 1 aromatic heterocycles. The van der Waals surface area contributed by atoms with E-state index in [-0.39, 0.29) is 23.7 Å². The lowest BCUT2D eigenvalue weighted by Gasteiger charge is -2.42. The van der Waals surface area contributed by atoms with Crippen LogP contribution in [-0.2, 0) is 14.9 Å². The highest BCUT2D eigenvalue weighted by atomic mass is 32.1. The number of nitrogens with zero attached hydrogens (tertiary/aromatic N) is 2. The fraction of sp³-hybridized carbons (Fsp3) is 0.529. The molecule has 2 aliphatic rings. The Labute approximate surface area is 140 Å². The highest BCUT2D eigenvalue weighted by molar-refractivity contribution is 7.03. The highest BCUT2D eigenvalue weighted by Crippen LogP contribution is 2.45. The Morgan fingerprint density at radius 3 is 2.78 bits per heavy atom. The van der Waals surface area contributed by atoms with Crippen molar-refractivity contribution in [3.8, 4) is 0 Å². The largest absolute Gasteiger partial charge is 0.374 e. The number of nitrogens with one attached hydrogen (secondary N) is 1. The molecule has 0 amide bonds. The number of fused-ring (bicyclic) bond motifs is 3. The highest BCUT2D eigenvalue weighted by Gasteiger charge is 2.42. The smallest absolute Gasteiger partial charge is 0.114 e. The summed E-state index contributed by atoms with van der Waals surface area (Å²) >= 11 is 1.36. The van der Waals surface area contributed by atoms with Crippen LogP contribution in [-0.4, -0.2) is 28.9 Å². The van der Waals surface area contributed by atoms with E-state index < -0.39 is 0 Å². The van der Waals surface area contributed by atoms with Crippen molar-refractivity contribution in [2.24, 2.45) is 0 Å². The van der Waals surface area contributed by atoms with Crippen molar-refractivity contribution in [1.82, 2.24) is 9.59 Å². The van der Waals surface area contributed by atoms with Crippen molar-refractivity contribution in [1.29, 1.82) is 0 Å². The lowest BCUT2D eigenvalue weighted by Crippen LogP contribution is -2.43. The lowest BCUT2D eigenvalue weighted by atomic mass is 9.82.